The smallest absolute Gasteiger partial charge is 0.227 e. The number of carbonyl (C=O) groups excluding carboxylic acids is 1. The molecule has 2 heterocycles. The average Bonchev–Trinajstić information content (AvgIpc) is 3.29. The molecule has 1 amide bonds. The first-order valence-corrected chi connectivity index (χ1v) is 10.1. The maximum Gasteiger partial charge on any atom is 0.227 e. The van der Waals surface area contributed by atoms with E-state index in [1.54, 1.807) is 17.3 Å². The van der Waals surface area contributed by atoms with Gasteiger partial charge in [0.15, 0.2) is 0 Å². The van der Waals surface area contributed by atoms with Crippen molar-refractivity contribution in [3.05, 3.63) is 65.5 Å². The highest BCUT2D eigenvalue weighted by atomic mass is 16.3. The summed E-state index contributed by atoms with van der Waals surface area (Å²) < 4.78 is 0. The summed E-state index contributed by atoms with van der Waals surface area (Å²) in [7, 11) is 0. The van der Waals surface area contributed by atoms with E-state index in [0.717, 1.165) is 42.4 Å². The van der Waals surface area contributed by atoms with Crippen LogP contribution in [-0.4, -0.2) is 39.6 Å². The lowest BCUT2D eigenvalue weighted by Crippen LogP contribution is -2.66. The number of aromatic nitrogens is 1. The maximum absolute atomic E-state index is 12.9. The molecule has 1 aromatic carbocycles. The second kappa shape index (κ2) is 8.47. The number of hydrogen-bond acceptors (Lipinski definition) is 4. The van der Waals surface area contributed by atoms with E-state index in [0.29, 0.717) is 0 Å². The second-order valence-electron chi connectivity index (χ2n) is 7.69. The lowest BCUT2D eigenvalue weighted by atomic mass is 9.75. The summed E-state index contributed by atoms with van der Waals surface area (Å²) in [5, 5.41) is 19.6. The molecule has 146 valence electrons. The van der Waals surface area contributed by atoms with Crippen LogP contribution in [0.2, 0.25) is 0 Å². The average molecular weight is 385 g/mol. The molecule has 1 aliphatic heterocycles. The zero-order valence-corrected chi connectivity index (χ0v) is 16.2. The monoisotopic (exact) mass is 385 g/mol. The number of rotatable bonds is 3. The van der Waals surface area contributed by atoms with Crippen molar-refractivity contribution in [2.45, 2.75) is 43.7 Å². The summed E-state index contributed by atoms with van der Waals surface area (Å²) in [6, 6.07) is 12.9. The number of nitrogens with zero attached hydrogens (tertiary/aromatic N) is 3. The molecule has 0 bridgehead atoms. The van der Waals surface area contributed by atoms with Crippen LogP contribution in [0.1, 0.15) is 48.3 Å². The van der Waals surface area contributed by atoms with Crippen molar-refractivity contribution >= 4 is 5.91 Å². The van der Waals surface area contributed by atoms with Gasteiger partial charge in [-0.05, 0) is 42.7 Å². The first-order chi connectivity index (χ1) is 14.2. The summed E-state index contributed by atoms with van der Waals surface area (Å²) in [6.45, 7) is -0.135. The van der Waals surface area contributed by atoms with E-state index < -0.39 is 6.04 Å². The highest BCUT2D eigenvalue weighted by molar-refractivity contribution is 5.82. The number of amides is 1. The molecular weight excluding hydrogens is 362 g/mol. The number of aliphatic hydroxyl groups excluding tert-OH is 1. The van der Waals surface area contributed by atoms with Crippen molar-refractivity contribution in [1.29, 1.82) is 5.26 Å². The summed E-state index contributed by atoms with van der Waals surface area (Å²) >= 11 is 0. The molecule has 1 saturated carbocycles. The van der Waals surface area contributed by atoms with E-state index in [4.69, 9.17) is 0 Å². The number of aliphatic hydroxyl groups is 1. The zero-order valence-electron chi connectivity index (χ0n) is 16.2. The van der Waals surface area contributed by atoms with Crippen LogP contribution in [0.15, 0.2) is 48.8 Å². The lowest BCUT2D eigenvalue weighted by molar-refractivity contribution is -0.151. The maximum atomic E-state index is 12.9. The molecule has 3 atom stereocenters. The Bertz CT molecular complexity index is 963. The van der Waals surface area contributed by atoms with Crippen LogP contribution in [0.3, 0.4) is 0 Å². The Labute approximate surface area is 171 Å². The Kier molecular flexibility index (Phi) is 5.60. The van der Waals surface area contributed by atoms with E-state index >= 15 is 0 Å². The molecular formula is C24H23N3O2. The summed E-state index contributed by atoms with van der Waals surface area (Å²) in [4.78, 5) is 18.5. The summed E-state index contributed by atoms with van der Waals surface area (Å²) in [5.41, 5.74) is 2.67. The number of carbonyl (C=O) groups is 1. The molecule has 0 radical (unpaired) electrons. The van der Waals surface area contributed by atoms with Crippen molar-refractivity contribution in [2.24, 2.45) is 5.92 Å². The molecule has 2 fully saturated rings. The molecule has 1 aromatic heterocycles. The summed E-state index contributed by atoms with van der Waals surface area (Å²) in [5.74, 6) is 6.05. The predicted molar refractivity (Wildman–Crippen MR) is 108 cm³/mol. The topological polar surface area (TPSA) is 77.2 Å². The van der Waals surface area contributed by atoms with Gasteiger partial charge in [0, 0.05) is 35.4 Å². The summed E-state index contributed by atoms with van der Waals surface area (Å²) in [6.07, 6.45) is 7.34. The van der Waals surface area contributed by atoms with Gasteiger partial charge in [-0.15, -0.1) is 0 Å². The third-order valence-corrected chi connectivity index (χ3v) is 6.00. The number of benzene rings is 1. The van der Waals surface area contributed by atoms with Crippen molar-refractivity contribution in [3.63, 3.8) is 0 Å². The van der Waals surface area contributed by atoms with Gasteiger partial charge in [-0.25, -0.2) is 0 Å². The fourth-order valence-corrected chi connectivity index (χ4v) is 4.46. The predicted octanol–water partition coefficient (Wildman–Crippen LogP) is 2.85. The molecule has 0 unspecified atom stereocenters. The van der Waals surface area contributed by atoms with Gasteiger partial charge in [0.05, 0.1) is 18.7 Å². The van der Waals surface area contributed by atoms with E-state index in [9.17, 15) is 15.2 Å². The Morgan fingerprint density at radius 2 is 1.86 bits per heavy atom. The van der Waals surface area contributed by atoms with E-state index in [2.05, 4.69) is 22.9 Å². The second-order valence-corrected chi connectivity index (χ2v) is 7.69. The molecule has 1 aliphatic carbocycles. The number of pyridine rings is 1. The van der Waals surface area contributed by atoms with Crippen molar-refractivity contribution in [3.8, 4) is 17.9 Å². The van der Waals surface area contributed by atoms with Gasteiger partial charge in [-0.1, -0.05) is 36.8 Å². The van der Waals surface area contributed by atoms with Crippen LogP contribution in [-0.2, 0) is 4.79 Å². The minimum absolute atomic E-state index is 0.00553. The van der Waals surface area contributed by atoms with Crippen LogP contribution in [0.5, 0.6) is 0 Å². The van der Waals surface area contributed by atoms with Crippen LogP contribution in [0.25, 0.3) is 0 Å². The first kappa shape index (κ1) is 19.2. The van der Waals surface area contributed by atoms with E-state index in [1.165, 1.54) is 0 Å². The number of likely N-dealkylation sites (tertiary alicyclic amines) is 1. The normalized spacial score (nSPS) is 23.6. The van der Waals surface area contributed by atoms with Crippen molar-refractivity contribution < 1.29 is 9.90 Å². The first-order valence-electron chi connectivity index (χ1n) is 10.1. The fourth-order valence-electron chi connectivity index (χ4n) is 4.46. The Hall–Kier alpha value is -3.15. The molecule has 1 N–H and O–H groups in total. The van der Waals surface area contributed by atoms with E-state index in [1.807, 2.05) is 36.4 Å². The van der Waals surface area contributed by atoms with Gasteiger partial charge in [0.25, 0.3) is 0 Å². The van der Waals surface area contributed by atoms with Gasteiger partial charge in [-0.3, -0.25) is 9.78 Å². The number of nitriles is 1. The van der Waals surface area contributed by atoms with Crippen LogP contribution < -0.4 is 0 Å². The highest BCUT2D eigenvalue weighted by Crippen LogP contribution is 2.42. The van der Waals surface area contributed by atoms with Gasteiger partial charge in [0.1, 0.15) is 6.04 Å². The minimum Gasteiger partial charge on any atom is -0.394 e. The highest BCUT2D eigenvalue weighted by Gasteiger charge is 2.52. The zero-order chi connectivity index (χ0) is 20.2. The van der Waals surface area contributed by atoms with Gasteiger partial charge in [0.2, 0.25) is 5.91 Å². The lowest BCUT2D eigenvalue weighted by Gasteiger charge is -2.52. The molecule has 29 heavy (non-hydrogen) atoms. The molecule has 4 rings (SSSR count). The van der Waals surface area contributed by atoms with Gasteiger partial charge >= 0.3 is 0 Å². The third-order valence-electron chi connectivity index (χ3n) is 6.00. The van der Waals surface area contributed by atoms with Crippen LogP contribution in [0, 0.1) is 29.1 Å². The quantitative estimate of drug-likeness (QED) is 0.824. The van der Waals surface area contributed by atoms with Crippen LogP contribution >= 0.6 is 0 Å². The Balaban J connectivity index is 1.51. The Morgan fingerprint density at radius 3 is 2.48 bits per heavy atom. The van der Waals surface area contributed by atoms with Crippen molar-refractivity contribution in [2.75, 3.05) is 6.61 Å². The van der Waals surface area contributed by atoms with Crippen molar-refractivity contribution in [1.82, 2.24) is 9.88 Å². The molecule has 0 spiro atoms. The standard InChI is InChI=1S/C24H23N3O2/c25-14-21-23(22(16-28)27(21)24(29)20-5-1-2-6-20)19-11-9-17(10-12-19)7-8-18-4-3-13-26-15-18/h3-4,9-13,15,20-23,28H,1-2,5-6,16H2/t21-,22-,23-/m1/s1. The van der Waals surface area contributed by atoms with Gasteiger partial charge in [-0.2, -0.15) is 5.26 Å². The molecule has 5 heteroatoms. The largest absolute Gasteiger partial charge is 0.394 e. The van der Waals surface area contributed by atoms with Gasteiger partial charge < -0.3 is 10.0 Å². The third kappa shape index (κ3) is 3.75. The SMILES string of the molecule is N#C[C@@H]1[C@@H](c2ccc(C#Cc3cccnc3)cc2)[C@@H](CO)N1C(=O)C1CCCC1. The van der Waals surface area contributed by atoms with Crippen LogP contribution in [0.4, 0.5) is 0 Å². The number of hydrogen-bond donors (Lipinski definition) is 1. The Morgan fingerprint density at radius 1 is 1.14 bits per heavy atom. The molecule has 2 aromatic rings. The van der Waals surface area contributed by atoms with E-state index in [-0.39, 0.29) is 30.4 Å². The minimum atomic E-state index is -0.521. The molecule has 5 nitrogen and oxygen atoms in total. The molecule has 2 aliphatic rings. The fraction of sp³-hybridized carbons (Fsp3) is 0.375. The molecule has 1 saturated heterocycles.